The molecule has 0 spiro atoms. The van der Waals surface area contributed by atoms with Gasteiger partial charge in [0.25, 0.3) is 5.91 Å². The molecule has 6 nitrogen and oxygen atoms in total. The van der Waals surface area contributed by atoms with Crippen LogP contribution in [0.15, 0.2) is 63.3 Å². The van der Waals surface area contributed by atoms with Crippen LogP contribution in [0.5, 0.6) is 5.75 Å². The lowest BCUT2D eigenvalue weighted by Crippen LogP contribution is -2.29. The van der Waals surface area contributed by atoms with E-state index in [0.29, 0.717) is 28.4 Å². The summed E-state index contributed by atoms with van der Waals surface area (Å²) in [5.41, 5.74) is 0.570. The highest BCUT2D eigenvalue weighted by atomic mass is 32.1. The summed E-state index contributed by atoms with van der Waals surface area (Å²) in [5.74, 6) is -0.475. The number of halogens is 1. The maximum Gasteiger partial charge on any atom is 0.297 e. The highest BCUT2D eigenvalue weighted by molar-refractivity contribution is 7.13. The normalized spacial score (nSPS) is 15.6. The Bertz CT molecular complexity index is 1330. The minimum atomic E-state index is -0.832. The minimum Gasteiger partial charge on any atom is -0.494 e. The molecular formula is C22H15FN2O4S. The van der Waals surface area contributed by atoms with Crippen molar-refractivity contribution in [1.82, 2.24) is 4.98 Å². The Morgan fingerprint density at radius 1 is 1.23 bits per heavy atom. The number of carbonyl (C=O) groups is 1. The Kier molecular flexibility index (Phi) is 4.36. The van der Waals surface area contributed by atoms with Crippen LogP contribution in [-0.2, 0) is 0 Å². The van der Waals surface area contributed by atoms with Crippen molar-refractivity contribution in [3.8, 4) is 5.75 Å². The molecule has 1 unspecified atom stereocenters. The molecule has 0 saturated heterocycles. The number of ether oxygens (including phenoxy) is 1. The molecule has 4 aromatic rings. The number of aromatic nitrogens is 1. The molecule has 0 bridgehead atoms. The molecule has 150 valence electrons. The molecule has 0 N–H and O–H groups in total. The molecule has 1 amide bonds. The molecular weight excluding hydrogens is 407 g/mol. The van der Waals surface area contributed by atoms with Crippen LogP contribution in [0, 0.1) is 5.82 Å². The van der Waals surface area contributed by atoms with Gasteiger partial charge in [0.1, 0.15) is 17.1 Å². The van der Waals surface area contributed by atoms with Crippen molar-refractivity contribution >= 4 is 33.3 Å². The second-order valence-corrected chi connectivity index (χ2v) is 7.59. The van der Waals surface area contributed by atoms with Crippen LogP contribution in [0.3, 0.4) is 0 Å². The fourth-order valence-corrected chi connectivity index (χ4v) is 4.40. The summed E-state index contributed by atoms with van der Waals surface area (Å²) in [4.78, 5) is 32.4. The number of benzene rings is 2. The summed E-state index contributed by atoms with van der Waals surface area (Å²) in [6.45, 7) is 2.31. The average Bonchev–Trinajstić information content (AvgIpc) is 3.35. The van der Waals surface area contributed by atoms with E-state index in [1.54, 1.807) is 41.9 Å². The Morgan fingerprint density at radius 2 is 2.10 bits per heavy atom. The number of hydrogen-bond donors (Lipinski definition) is 0. The van der Waals surface area contributed by atoms with E-state index in [1.165, 1.54) is 28.4 Å². The Morgan fingerprint density at radius 3 is 2.83 bits per heavy atom. The van der Waals surface area contributed by atoms with E-state index < -0.39 is 17.8 Å². The van der Waals surface area contributed by atoms with Gasteiger partial charge in [0.05, 0.1) is 23.6 Å². The zero-order valence-electron chi connectivity index (χ0n) is 15.8. The largest absolute Gasteiger partial charge is 0.494 e. The molecule has 1 aliphatic heterocycles. The van der Waals surface area contributed by atoms with Gasteiger partial charge in [-0.25, -0.2) is 9.37 Å². The predicted molar refractivity (Wildman–Crippen MR) is 111 cm³/mol. The lowest BCUT2D eigenvalue weighted by atomic mass is 9.98. The standard InChI is InChI=1S/C22H15FN2O4S/c1-2-28-14-6-7-15-16(11-14)29-20-17(19(15)26)18(12-4-3-5-13(23)10-12)25(21(20)27)22-24-8-9-30-22/h3-11,18H,2H2,1H3. The van der Waals surface area contributed by atoms with Crippen LogP contribution in [-0.4, -0.2) is 17.5 Å². The number of carbonyl (C=O) groups excluding carboxylic acids is 1. The van der Waals surface area contributed by atoms with E-state index >= 15 is 0 Å². The molecule has 30 heavy (non-hydrogen) atoms. The first kappa shape index (κ1) is 18.5. The molecule has 5 rings (SSSR count). The quantitative estimate of drug-likeness (QED) is 0.483. The van der Waals surface area contributed by atoms with Crippen molar-refractivity contribution < 1.29 is 18.3 Å². The summed E-state index contributed by atoms with van der Waals surface area (Å²) in [7, 11) is 0. The fourth-order valence-electron chi connectivity index (χ4n) is 3.73. The topological polar surface area (TPSA) is 72.6 Å². The van der Waals surface area contributed by atoms with Crippen molar-refractivity contribution in [3.63, 3.8) is 0 Å². The van der Waals surface area contributed by atoms with Crippen molar-refractivity contribution in [2.24, 2.45) is 0 Å². The van der Waals surface area contributed by atoms with E-state index in [9.17, 15) is 14.0 Å². The summed E-state index contributed by atoms with van der Waals surface area (Å²) in [6.07, 6.45) is 1.57. The smallest absolute Gasteiger partial charge is 0.297 e. The molecule has 0 radical (unpaired) electrons. The van der Waals surface area contributed by atoms with Gasteiger partial charge >= 0.3 is 0 Å². The van der Waals surface area contributed by atoms with E-state index in [0.717, 1.165) is 0 Å². The van der Waals surface area contributed by atoms with Gasteiger partial charge in [-0.1, -0.05) is 12.1 Å². The lowest BCUT2D eigenvalue weighted by molar-refractivity contribution is 0.0971. The molecule has 1 aliphatic rings. The highest BCUT2D eigenvalue weighted by Crippen LogP contribution is 2.42. The van der Waals surface area contributed by atoms with Crippen molar-refractivity contribution in [2.45, 2.75) is 13.0 Å². The molecule has 3 heterocycles. The fraction of sp³-hybridized carbons (Fsp3) is 0.136. The third kappa shape index (κ3) is 2.80. The maximum absolute atomic E-state index is 14.0. The monoisotopic (exact) mass is 422 g/mol. The van der Waals surface area contributed by atoms with E-state index in [-0.39, 0.29) is 22.3 Å². The van der Waals surface area contributed by atoms with Gasteiger partial charge in [0, 0.05) is 17.6 Å². The van der Waals surface area contributed by atoms with Gasteiger partial charge in [0.2, 0.25) is 5.76 Å². The average molecular weight is 422 g/mol. The minimum absolute atomic E-state index is 0.0643. The molecule has 0 aliphatic carbocycles. The third-order valence-electron chi connectivity index (χ3n) is 4.94. The number of thiazole rings is 1. The van der Waals surface area contributed by atoms with Crippen molar-refractivity contribution in [3.05, 3.63) is 87.0 Å². The SMILES string of the molecule is CCOc1ccc2c(=O)c3c(oc2c1)C(=O)N(c1nccs1)C3c1cccc(F)c1. The van der Waals surface area contributed by atoms with E-state index in [2.05, 4.69) is 4.98 Å². The van der Waals surface area contributed by atoms with Gasteiger partial charge in [0.15, 0.2) is 10.6 Å². The zero-order valence-corrected chi connectivity index (χ0v) is 16.6. The second kappa shape index (κ2) is 7.07. The summed E-state index contributed by atoms with van der Waals surface area (Å²) >= 11 is 1.25. The number of hydrogen-bond acceptors (Lipinski definition) is 6. The van der Waals surface area contributed by atoms with Crippen LogP contribution < -0.4 is 15.1 Å². The molecule has 0 saturated carbocycles. The Hall–Kier alpha value is -3.52. The van der Waals surface area contributed by atoms with E-state index in [1.807, 2.05) is 6.92 Å². The summed E-state index contributed by atoms with van der Waals surface area (Å²) in [6, 6.07) is 9.91. The third-order valence-corrected chi connectivity index (χ3v) is 5.72. The van der Waals surface area contributed by atoms with Crippen LogP contribution >= 0.6 is 11.3 Å². The number of anilines is 1. The summed E-state index contributed by atoms with van der Waals surface area (Å²) in [5, 5.41) is 2.46. The summed E-state index contributed by atoms with van der Waals surface area (Å²) < 4.78 is 25.4. The lowest BCUT2D eigenvalue weighted by Gasteiger charge is -2.22. The van der Waals surface area contributed by atoms with Gasteiger partial charge < -0.3 is 9.15 Å². The highest BCUT2D eigenvalue weighted by Gasteiger charge is 2.44. The zero-order chi connectivity index (χ0) is 20.8. The molecule has 2 aromatic carbocycles. The van der Waals surface area contributed by atoms with Gasteiger partial charge in [-0.05, 0) is 36.8 Å². The van der Waals surface area contributed by atoms with Gasteiger partial charge in [-0.2, -0.15) is 0 Å². The Labute approximate surface area is 174 Å². The molecule has 0 fully saturated rings. The van der Waals surface area contributed by atoms with Crippen LogP contribution in [0.1, 0.15) is 34.6 Å². The second-order valence-electron chi connectivity index (χ2n) is 6.71. The number of amides is 1. The first-order valence-electron chi connectivity index (χ1n) is 9.30. The van der Waals surface area contributed by atoms with Crippen molar-refractivity contribution in [2.75, 3.05) is 11.5 Å². The number of fused-ring (bicyclic) bond motifs is 2. The molecule has 1 atom stereocenters. The first-order valence-corrected chi connectivity index (χ1v) is 10.2. The number of rotatable bonds is 4. The van der Waals surface area contributed by atoms with Gasteiger partial charge in [-0.15, -0.1) is 11.3 Å². The Balaban J connectivity index is 1.79. The molecule has 8 heteroatoms. The van der Waals surface area contributed by atoms with Crippen molar-refractivity contribution in [1.29, 1.82) is 0 Å². The number of nitrogens with zero attached hydrogens (tertiary/aromatic N) is 2. The molecule has 2 aromatic heterocycles. The van der Waals surface area contributed by atoms with Crippen LogP contribution in [0.4, 0.5) is 9.52 Å². The predicted octanol–water partition coefficient (Wildman–Crippen LogP) is 4.54. The van der Waals surface area contributed by atoms with Crippen LogP contribution in [0.25, 0.3) is 11.0 Å². The van der Waals surface area contributed by atoms with Gasteiger partial charge in [-0.3, -0.25) is 14.5 Å². The maximum atomic E-state index is 14.0. The first-order chi connectivity index (χ1) is 14.6. The van der Waals surface area contributed by atoms with E-state index in [4.69, 9.17) is 9.15 Å². The van der Waals surface area contributed by atoms with Crippen LogP contribution in [0.2, 0.25) is 0 Å².